The molecule has 0 rings (SSSR count). The van der Waals surface area contributed by atoms with Crippen LogP contribution in [0.3, 0.4) is 0 Å². The lowest BCUT2D eigenvalue weighted by atomic mass is 9.96. The van der Waals surface area contributed by atoms with E-state index in [4.69, 9.17) is 11.5 Å². The van der Waals surface area contributed by atoms with E-state index in [1.54, 1.807) is 13.8 Å². The average Bonchev–Trinajstić information content (AvgIpc) is 2.69. The number of hydrogen-bond donors (Lipinski definition) is 6. The van der Waals surface area contributed by atoms with E-state index in [1.165, 1.54) is 6.92 Å². The zero-order valence-corrected chi connectivity index (χ0v) is 18.7. The Morgan fingerprint density at radius 1 is 0.900 bits per heavy atom. The van der Waals surface area contributed by atoms with Crippen LogP contribution in [0, 0.1) is 11.8 Å². The summed E-state index contributed by atoms with van der Waals surface area (Å²) in [6.07, 6.45) is 2.09. The lowest BCUT2D eigenvalue weighted by Crippen LogP contribution is -2.58. The Bertz CT molecular complexity index is 584. The quantitative estimate of drug-likeness (QED) is 0.205. The standard InChI is InChI=1S/C20H39N5O5/c1-6-12(4)16(25-18(27)15(22)11(2)3)19(28)23-13(5)17(26)24-14(20(29)30)9-7-8-10-21/h11-16H,6-10,21-22H2,1-5H3,(H,23,28)(H,24,26)(H,25,27)(H,29,30)/t12-,13-,14-,15-,16-/m0/s1. The van der Waals surface area contributed by atoms with Crippen molar-refractivity contribution in [1.82, 2.24) is 16.0 Å². The number of carboxylic acids is 1. The summed E-state index contributed by atoms with van der Waals surface area (Å²) in [6, 6.07) is -3.65. The molecular weight excluding hydrogens is 390 g/mol. The highest BCUT2D eigenvalue weighted by Gasteiger charge is 2.31. The maximum Gasteiger partial charge on any atom is 0.326 e. The maximum absolute atomic E-state index is 12.7. The van der Waals surface area contributed by atoms with Gasteiger partial charge < -0.3 is 32.5 Å². The van der Waals surface area contributed by atoms with E-state index in [9.17, 15) is 24.3 Å². The summed E-state index contributed by atoms with van der Waals surface area (Å²) in [5, 5.41) is 16.9. The highest BCUT2D eigenvalue weighted by molar-refractivity contribution is 5.94. The van der Waals surface area contributed by atoms with Gasteiger partial charge in [-0.2, -0.15) is 0 Å². The van der Waals surface area contributed by atoms with Crippen LogP contribution < -0.4 is 27.4 Å². The van der Waals surface area contributed by atoms with Gasteiger partial charge in [-0.25, -0.2) is 4.79 Å². The van der Waals surface area contributed by atoms with Gasteiger partial charge in [-0.1, -0.05) is 34.1 Å². The fourth-order valence-corrected chi connectivity index (χ4v) is 2.67. The Hall–Kier alpha value is -2.20. The Balaban J connectivity index is 5.05. The van der Waals surface area contributed by atoms with Gasteiger partial charge in [0.1, 0.15) is 18.1 Å². The number of carbonyl (C=O) groups excluding carboxylic acids is 3. The van der Waals surface area contributed by atoms with Gasteiger partial charge in [0.25, 0.3) is 0 Å². The Labute approximate surface area is 178 Å². The molecule has 0 aliphatic rings. The molecule has 30 heavy (non-hydrogen) atoms. The summed E-state index contributed by atoms with van der Waals surface area (Å²) in [6.45, 7) is 9.21. The first-order chi connectivity index (χ1) is 14.0. The molecule has 0 aliphatic carbocycles. The monoisotopic (exact) mass is 429 g/mol. The second kappa shape index (κ2) is 13.9. The number of nitrogens with two attached hydrogens (primary N) is 2. The SMILES string of the molecule is CC[C@H](C)[C@H](NC(=O)[C@@H](N)C(C)C)C(=O)N[C@@H](C)C(=O)N[C@@H](CCCCN)C(=O)O. The highest BCUT2D eigenvalue weighted by Crippen LogP contribution is 2.10. The number of carboxylic acid groups (broad SMARTS) is 1. The molecule has 3 amide bonds. The van der Waals surface area contributed by atoms with Crippen LogP contribution in [0.1, 0.15) is 60.3 Å². The van der Waals surface area contributed by atoms with Crippen molar-refractivity contribution in [3.63, 3.8) is 0 Å². The van der Waals surface area contributed by atoms with Crippen LogP contribution >= 0.6 is 0 Å². The Kier molecular flexibility index (Phi) is 12.9. The maximum atomic E-state index is 12.7. The molecule has 0 saturated heterocycles. The molecule has 0 radical (unpaired) electrons. The second-order valence-electron chi connectivity index (χ2n) is 8.06. The molecule has 0 heterocycles. The highest BCUT2D eigenvalue weighted by atomic mass is 16.4. The lowest BCUT2D eigenvalue weighted by Gasteiger charge is -2.27. The molecule has 10 heteroatoms. The molecule has 8 N–H and O–H groups in total. The van der Waals surface area contributed by atoms with Crippen LogP contribution in [0.2, 0.25) is 0 Å². The third-order valence-electron chi connectivity index (χ3n) is 5.13. The van der Waals surface area contributed by atoms with E-state index >= 15 is 0 Å². The average molecular weight is 430 g/mol. The van der Waals surface area contributed by atoms with Gasteiger partial charge in [-0.05, 0) is 44.6 Å². The fourth-order valence-electron chi connectivity index (χ4n) is 2.67. The molecule has 0 aliphatic heterocycles. The zero-order valence-electron chi connectivity index (χ0n) is 18.7. The number of unbranched alkanes of at least 4 members (excludes halogenated alkanes) is 1. The number of carbonyl (C=O) groups is 4. The summed E-state index contributed by atoms with van der Waals surface area (Å²) in [7, 11) is 0. The van der Waals surface area contributed by atoms with Crippen molar-refractivity contribution < 1.29 is 24.3 Å². The Morgan fingerprint density at radius 2 is 1.50 bits per heavy atom. The van der Waals surface area contributed by atoms with Crippen molar-refractivity contribution in [2.75, 3.05) is 6.54 Å². The second-order valence-corrected chi connectivity index (χ2v) is 8.06. The molecule has 0 aromatic carbocycles. The third-order valence-corrected chi connectivity index (χ3v) is 5.13. The minimum Gasteiger partial charge on any atom is -0.480 e. The van der Waals surface area contributed by atoms with Crippen molar-refractivity contribution in [3.05, 3.63) is 0 Å². The first-order valence-electron chi connectivity index (χ1n) is 10.6. The summed E-state index contributed by atoms with van der Waals surface area (Å²) in [5.41, 5.74) is 11.3. The number of hydrogen-bond acceptors (Lipinski definition) is 6. The van der Waals surface area contributed by atoms with Gasteiger partial charge >= 0.3 is 5.97 Å². The molecule has 0 aromatic heterocycles. The van der Waals surface area contributed by atoms with Gasteiger partial charge in [0.15, 0.2) is 0 Å². The molecule has 0 aromatic rings. The molecule has 0 saturated carbocycles. The van der Waals surface area contributed by atoms with E-state index in [1.807, 2.05) is 13.8 Å². The van der Waals surface area contributed by atoms with E-state index in [0.717, 1.165) is 0 Å². The van der Waals surface area contributed by atoms with E-state index < -0.39 is 47.9 Å². The van der Waals surface area contributed by atoms with Gasteiger partial charge in [0.05, 0.1) is 6.04 Å². The van der Waals surface area contributed by atoms with Crippen LogP contribution in [0.5, 0.6) is 0 Å². The predicted molar refractivity (Wildman–Crippen MR) is 114 cm³/mol. The smallest absolute Gasteiger partial charge is 0.326 e. The number of amides is 3. The molecule has 10 nitrogen and oxygen atoms in total. The summed E-state index contributed by atoms with van der Waals surface area (Å²) < 4.78 is 0. The summed E-state index contributed by atoms with van der Waals surface area (Å²) in [4.78, 5) is 48.8. The van der Waals surface area contributed by atoms with Crippen LogP contribution in [-0.2, 0) is 19.2 Å². The minimum absolute atomic E-state index is 0.0948. The first-order valence-corrected chi connectivity index (χ1v) is 10.6. The van der Waals surface area contributed by atoms with Gasteiger partial charge in [0, 0.05) is 0 Å². The minimum atomic E-state index is -1.15. The van der Waals surface area contributed by atoms with Crippen LogP contribution in [0.15, 0.2) is 0 Å². The molecule has 5 atom stereocenters. The molecule has 0 spiro atoms. The summed E-state index contributed by atoms with van der Waals surface area (Å²) in [5.74, 6) is -3.00. The predicted octanol–water partition coefficient (Wildman–Crippen LogP) is -0.296. The van der Waals surface area contributed by atoms with Gasteiger partial charge in [-0.3, -0.25) is 14.4 Å². The molecule has 0 unspecified atom stereocenters. The fraction of sp³-hybridized carbons (Fsp3) is 0.800. The van der Waals surface area contributed by atoms with Crippen molar-refractivity contribution in [2.45, 2.75) is 84.5 Å². The van der Waals surface area contributed by atoms with Gasteiger partial charge in [-0.15, -0.1) is 0 Å². The molecule has 0 bridgehead atoms. The summed E-state index contributed by atoms with van der Waals surface area (Å²) >= 11 is 0. The molecular formula is C20H39N5O5. The molecule has 174 valence electrons. The van der Waals surface area contributed by atoms with Crippen molar-refractivity contribution in [1.29, 1.82) is 0 Å². The number of nitrogens with one attached hydrogen (secondary N) is 3. The van der Waals surface area contributed by atoms with Crippen LogP contribution in [0.4, 0.5) is 0 Å². The molecule has 0 fully saturated rings. The van der Waals surface area contributed by atoms with Crippen molar-refractivity contribution in [2.24, 2.45) is 23.3 Å². The largest absolute Gasteiger partial charge is 0.480 e. The van der Waals surface area contributed by atoms with E-state index in [0.29, 0.717) is 25.8 Å². The van der Waals surface area contributed by atoms with Crippen LogP contribution in [0.25, 0.3) is 0 Å². The lowest BCUT2D eigenvalue weighted by molar-refractivity contribution is -0.142. The topological polar surface area (TPSA) is 177 Å². The number of aliphatic carboxylic acids is 1. The van der Waals surface area contributed by atoms with E-state index in [-0.39, 0.29) is 18.3 Å². The number of rotatable bonds is 14. The van der Waals surface area contributed by atoms with Crippen LogP contribution in [-0.4, -0.2) is 59.5 Å². The Morgan fingerprint density at radius 3 is 1.97 bits per heavy atom. The van der Waals surface area contributed by atoms with Crippen molar-refractivity contribution >= 4 is 23.7 Å². The third kappa shape index (κ3) is 9.53. The normalized spacial score (nSPS) is 16.1. The first kappa shape index (κ1) is 27.8. The van der Waals surface area contributed by atoms with E-state index in [2.05, 4.69) is 16.0 Å². The van der Waals surface area contributed by atoms with Crippen molar-refractivity contribution in [3.8, 4) is 0 Å². The van der Waals surface area contributed by atoms with Gasteiger partial charge in [0.2, 0.25) is 17.7 Å². The zero-order chi connectivity index (χ0) is 23.4.